The quantitative estimate of drug-likeness (QED) is 0.783. The lowest BCUT2D eigenvalue weighted by Crippen LogP contribution is -2.43. The van der Waals surface area contributed by atoms with Crippen molar-refractivity contribution >= 4 is 32.6 Å². The fourth-order valence-electron chi connectivity index (χ4n) is 3.37. The summed E-state index contributed by atoms with van der Waals surface area (Å²) >= 11 is 1.30. The molecule has 2 heterocycles. The molecule has 148 valence electrons. The highest BCUT2D eigenvalue weighted by Gasteiger charge is 2.26. The average molecular weight is 395 g/mol. The highest BCUT2D eigenvalue weighted by molar-refractivity contribution is 7.22. The fourth-order valence-corrected chi connectivity index (χ4v) is 4.31. The summed E-state index contributed by atoms with van der Waals surface area (Å²) in [4.78, 5) is 21.5. The number of amides is 1. The number of carbonyl (C=O) groups excluding carboxylic acids is 1. The van der Waals surface area contributed by atoms with Crippen molar-refractivity contribution in [3.63, 3.8) is 0 Å². The van der Waals surface area contributed by atoms with Gasteiger partial charge in [0.05, 0.1) is 17.2 Å². The molecule has 1 N–H and O–H groups in total. The number of likely N-dealkylation sites (N-methyl/N-ethyl adjacent to an activating group) is 1. The number of benzene rings is 1. The van der Waals surface area contributed by atoms with Crippen molar-refractivity contribution in [1.29, 1.82) is 0 Å². The van der Waals surface area contributed by atoms with Gasteiger partial charge < -0.3 is 19.9 Å². The van der Waals surface area contributed by atoms with Gasteiger partial charge in [-0.15, -0.1) is 0 Å². The summed E-state index contributed by atoms with van der Waals surface area (Å²) < 4.78 is 20.0. The first-order chi connectivity index (χ1) is 13.0. The van der Waals surface area contributed by atoms with Crippen LogP contribution in [0.4, 0.5) is 9.52 Å². The Labute approximate surface area is 163 Å². The number of methoxy groups -OCH3 is 1. The third kappa shape index (κ3) is 5.22. The first kappa shape index (κ1) is 20.1. The predicted molar refractivity (Wildman–Crippen MR) is 107 cm³/mol. The van der Waals surface area contributed by atoms with Crippen LogP contribution in [0.25, 0.3) is 10.2 Å². The number of piperidine rings is 1. The summed E-state index contributed by atoms with van der Waals surface area (Å²) in [6.07, 6.45) is 1.89. The van der Waals surface area contributed by atoms with Crippen LogP contribution in [-0.2, 0) is 16.1 Å². The lowest BCUT2D eigenvalue weighted by atomic mass is 9.97. The van der Waals surface area contributed by atoms with Crippen molar-refractivity contribution in [1.82, 2.24) is 14.8 Å². The van der Waals surface area contributed by atoms with Gasteiger partial charge in [-0.25, -0.2) is 9.37 Å². The zero-order chi connectivity index (χ0) is 19.4. The van der Waals surface area contributed by atoms with Crippen molar-refractivity contribution in [3.05, 3.63) is 23.5 Å². The number of anilines is 1. The Morgan fingerprint density at radius 2 is 2.30 bits per heavy atom. The largest absolute Gasteiger partial charge is 0.380 e. The highest BCUT2D eigenvalue weighted by Crippen LogP contribution is 2.30. The molecule has 6 nitrogen and oxygen atoms in total. The first-order valence-corrected chi connectivity index (χ1v) is 10.0. The molecule has 1 atom stereocenters. The third-order valence-electron chi connectivity index (χ3n) is 4.79. The van der Waals surface area contributed by atoms with Crippen LogP contribution in [0.1, 0.15) is 18.4 Å². The summed E-state index contributed by atoms with van der Waals surface area (Å²) in [6.45, 7) is 4.08. The molecule has 0 spiro atoms. The van der Waals surface area contributed by atoms with Gasteiger partial charge in [0.1, 0.15) is 5.52 Å². The molecule has 0 aliphatic carbocycles. The van der Waals surface area contributed by atoms with Crippen LogP contribution in [0.5, 0.6) is 0 Å². The third-order valence-corrected chi connectivity index (χ3v) is 5.71. The van der Waals surface area contributed by atoms with Crippen molar-refractivity contribution in [2.45, 2.75) is 19.4 Å². The minimum absolute atomic E-state index is 0.0267. The van der Waals surface area contributed by atoms with E-state index in [2.05, 4.69) is 34.2 Å². The highest BCUT2D eigenvalue weighted by atomic mass is 32.1. The van der Waals surface area contributed by atoms with Gasteiger partial charge in [0.2, 0.25) is 5.91 Å². The van der Waals surface area contributed by atoms with Crippen LogP contribution >= 0.6 is 11.3 Å². The molecule has 1 aliphatic rings. The molecule has 1 saturated heterocycles. The normalized spacial score (nSPS) is 18.3. The molecule has 1 unspecified atom stereocenters. The number of rotatable bonds is 7. The van der Waals surface area contributed by atoms with Gasteiger partial charge in [0.15, 0.2) is 10.9 Å². The van der Waals surface area contributed by atoms with Crippen LogP contribution in [-0.4, -0.2) is 68.1 Å². The van der Waals surface area contributed by atoms with Crippen LogP contribution < -0.4 is 5.32 Å². The number of hydrogen-bond acceptors (Lipinski definition) is 6. The molecule has 1 fully saturated rings. The summed E-state index contributed by atoms with van der Waals surface area (Å²) in [7, 11) is 5.68. The number of nitrogens with zero attached hydrogens (tertiary/aromatic N) is 3. The number of halogens is 1. The Kier molecular flexibility index (Phi) is 6.75. The van der Waals surface area contributed by atoms with Gasteiger partial charge >= 0.3 is 0 Å². The maximum atomic E-state index is 14.2. The van der Waals surface area contributed by atoms with E-state index in [1.54, 1.807) is 7.11 Å². The number of hydrogen-bond donors (Lipinski definition) is 1. The second kappa shape index (κ2) is 9.05. The Bertz CT molecular complexity index is 795. The Hall–Kier alpha value is -1.61. The number of likely N-dealkylation sites (tertiary alicyclic amines) is 1. The summed E-state index contributed by atoms with van der Waals surface area (Å²) in [5.41, 5.74) is 1.05. The van der Waals surface area contributed by atoms with E-state index in [0.29, 0.717) is 22.0 Å². The molecule has 0 saturated carbocycles. The topological polar surface area (TPSA) is 57.7 Å². The van der Waals surface area contributed by atoms with Gasteiger partial charge in [-0.2, -0.15) is 0 Å². The Balaban J connectivity index is 1.65. The zero-order valence-corrected chi connectivity index (χ0v) is 16.9. The number of aromatic nitrogens is 1. The molecule has 8 heteroatoms. The van der Waals surface area contributed by atoms with E-state index in [-0.39, 0.29) is 17.6 Å². The molecule has 0 radical (unpaired) electrons. The van der Waals surface area contributed by atoms with E-state index < -0.39 is 0 Å². The number of ether oxygens (including phenoxy) is 1. The lowest BCUT2D eigenvalue weighted by molar-refractivity contribution is -0.121. The van der Waals surface area contributed by atoms with Crippen LogP contribution in [0.2, 0.25) is 0 Å². The van der Waals surface area contributed by atoms with Gasteiger partial charge in [0.25, 0.3) is 0 Å². The Morgan fingerprint density at radius 1 is 1.48 bits per heavy atom. The SMILES string of the molecule is COCc1cc(F)c2nc(NC(=O)C3CCCN(CCN(C)C)C3)sc2c1. The van der Waals surface area contributed by atoms with E-state index in [0.717, 1.165) is 44.6 Å². The van der Waals surface area contributed by atoms with E-state index in [1.807, 2.05) is 6.07 Å². The molecule has 1 amide bonds. The standard InChI is InChI=1S/C19H27FN4O2S/c1-23(2)7-8-24-6-4-5-14(11-24)18(25)22-19-21-17-15(20)9-13(12-26-3)10-16(17)27-19/h9-10,14H,4-8,11-12H2,1-3H3,(H,21,22,25). The summed E-state index contributed by atoms with van der Waals surface area (Å²) in [6, 6.07) is 3.29. The zero-order valence-electron chi connectivity index (χ0n) is 16.1. The van der Waals surface area contributed by atoms with Gasteiger partial charge in [-0.3, -0.25) is 4.79 Å². The molecular weight excluding hydrogens is 367 g/mol. The first-order valence-electron chi connectivity index (χ1n) is 9.22. The fraction of sp³-hybridized carbons (Fsp3) is 0.579. The number of fused-ring (bicyclic) bond motifs is 1. The maximum absolute atomic E-state index is 14.2. The molecule has 27 heavy (non-hydrogen) atoms. The van der Waals surface area contributed by atoms with Crippen LogP contribution in [0.15, 0.2) is 12.1 Å². The number of nitrogens with one attached hydrogen (secondary N) is 1. The van der Waals surface area contributed by atoms with Crippen molar-refractivity contribution in [2.24, 2.45) is 5.92 Å². The Morgan fingerprint density at radius 3 is 3.04 bits per heavy atom. The lowest BCUT2D eigenvalue weighted by Gasteiger charge is -2.32. The smallest absolute Gasteiger partial charge is 0.230 e. The second-order valence-corrected chi connectivity index (χ2v) is 8.34. The van der Waals surface area contributed by atoms with Gasteiger partial charge in [-0.05, 0) is 51.2 Å². The van der Waals surface area contributed by atoms with Gasteiger partial charge in [0, 0.05) is 26.7 Å². The predicted octanol–water partition coefficient (Wildman–Crippen LogP) is 2.79. The van der Waals surface area contributed by atoms with Crippen molar-refractivity contribution < 1.29 is 13.9 Å². The monoisotopic (exact) mass is 394 g/mol. The number of thiazole rings is 1. The molecule has 2 aromatic rings. The maximum Gasteiger partial charge on any atom is 0.230 e. The summed E-state index contributed by atoms with van der Waals surface area (Å²) in [5, 5.41) is 3.35. The van der Waals surface area contributed by atoms with Gasteiger partial charge in [-0.1, -0.05) is 11.3 Å². The second-order valence-electron chi connectivity index (χ2n) is 7.31. The van der Waals surface area contributed by atoms with Crippen molar-refractivity contribution in [3.8, 4) is 0 Å². The molecule has 1 aromatic heterocycles. The molecule has 3 rings (SSSR count). The van der Waals surface area contributed by atoms with E-state index in [4.69, 9.17) is 4.74 Å². The average Bonchev–Trinajstić information content (AvgIpc) is 3.03. The van der Waals surface area contributed by atoms with E-state index in [1.165, 1.54) is 17.4 Å². The van der Waals surface area contributed by atoms with Crippen LogP contribution in [0, 0.1) is 11.7 Å². The van der Waals surface area contributed by atoms with E-state index >= 15 is 0 Å². The number of carbonyl (C=O) groups is 1. The molecular formula is C19H27FN4O2S. The minimum Gasteiger partial charge on any atom is -0.380 e. The molecule has 1 aliphatic heterocycles. The molecule has 1 aromatic carbocycles. The van der Waals surface area contributed by atoms with Crippen molar-refractivity contribution in [2.75, 3.05) is 52.7 Å². The minimum atomic E-state index is -0.385. The van der Waals surface area contributed by atoms with E-state index in [9.17, 15) is 9.18 Å². The molecule has 0 bridgehead atoms. The van der Waals surface area contributed by atoms with Crippen LogP contribution in [0.3, 0.4) is 0 Å². The summed E-state index contributed by atoms with van der Waals surface area (Å²) in [5.74, 6) is -0.466.